The number of nitrogens with zero attached hydrogens (tertiary/aromatic N) is 1. The third kappa shape index (κ3) is 2.64. The fraction of sp³-hybridized carbons (Fsp3) is 0.462. The second-order valence-electron chi connectivity index (χ2n) is 4.30. The van der Waals surface area contributed by atoms with E-state index in [-0.39, 0.29) is 17.8 Å². The van der Waals surface area contributed by atoms with E-state index in [2.05, 4.69) is 5.32 Å². The van der Waals surface area contributed by atoms with Crippen LogP contribution in [0.3, 0.4) is 0 Å². The molecule has 17 heavy (non-hydrogen) atoms. The van der Waals surface area contributed by atoms with E-state index in [9.17, 15) is 9.18 Å². The number of halogens is 1. The Bertz CT molecular complexity index is 408. The first-order valence-corrected chi connectivity index (χ1v) is 5.92. The Morgan fingerprint density at radius 3 is 2.88 bits per heavy atom. The number of carbonyl (C=O) groups excluding carboxylic acids is 1. The topological polar surface area (TPSA) is 32.3 Å². The lowest BCUT2D eigenvalue weighted by Gasteiger charge is -2.16. The van der Waals surface area contributed by atoms with Crippen LogP contribution < -0.4 is 5.32 Å². The molecule has 1 amide bonds. The molecule has 1 aromatic rings. The molecule has 1 atom stereocenters. The standard InChI is InChI=1S/C13H17FN2O/c1-15-12-7-9-16(13(12)17)8-6-10-4-2-3-5-11(10)14/h2-5,12,15H,6-9H2,1H3. The molecule has 1 heterocycles. The Morgan fingerprint density at radius 1 is 1.47 bits per heavy atom. The van der Waals surface area contributed by atoms with Crippen LogP contribution in [-0.2, 0) is 11.2 Å². The number of benzene rings is 1. The van der Waals surface area contributed by atoms with E-state index < -0.39 is 0 Å². The summed E-state index contributed by atoms with van der Waals surface area (Å²) in [7, 11) is 1.79. The lowest BCUT2D eigenvalue weighted by atomic mass is 10.1. The Balaban J connectivity index is 1.91. The third-order valence-corrected chi connectivity index (χ3v) is 3.25. The zero-order valence-corrected chi connectivity index (χ0v) is 9.95. The van der Waals surface area contributed by atoms with E-state index in [1.807, 2.05) is 6.07 Å². The second kappa shape index (κ2) is 5.27. The van der Waals surface area contributed by atoms with Gasteiger partial charge in [-0.05, 0) is 31.5 Å². The number of rotatable bonds is 4. The number of carbonyl (C=O) groups is 1. The number of hydrogen-bond acceptors (Lipinski definition) is 2. The highest BCUT2D eigenvalue weighted by molar-refractivity contribution is 5.83. The van der Waals surface area contributed by atoms with E-state index in [0.29, 0.717) is 18.5 Å². The van der Waals surface area contributed by atoms with Gasteiger partial charge in [0.2, 0.25) is 5.91 Å². The zero-order valence-electron chi connectivity index (χ0n) is 9.95. The molecule has 4 heteroatoms. The van der Waals surface area contributed by atoms with Crippen molar-refractivity contribution in [1.29, 1.82) is 0 Å². The van der Waals surface area contributed by atoms with Crippen LogP contribution in [0.5, 0.6) is 0 Å². The number of likely N-dealkylation sites (N-methyl/N-ethyl adjacent to an activating group) is 1. The molecule has 1 aliphatic rings. The minimum Gasteiger partial charge on any atom is -0.341 e. The highest BCUT2D eigenvalue weighted by Crippen LogP contribution is 2.13. The zero-order chi connectivity index (χ0) is 12.3. The molecule has 0 bridgehead atoms. The highest BCUT2D eigenvalue weighted by atomic mass is 19.1. The maximum absolute atomic E-state index is 13.4. The van der Waals surface area contributed by atoms with Gasteiger partial charge in [0.05, 0.1) is 6.04 Å². The van der Waals surface area contributed by atoms with Crippen molar-refractivity contribution in [3.63, 3.8) is 0 Å². The first-order valence-electron chi connectivity index (χ1n) is 5.92. The normalized spacial score (nSPS) is 20.0. The summed E-state index contributed by atoms with van der Waals surface area (Å²) in [4.78, 5) is 13.6. The van der Waals surface area contributed by atoms with E-state index in [1.165, 1.54) is 6.07 Å². The molecule has 0 saturated carbocycles. The quantitative estimate of drug-likeness (QED) is 0.851. The van der Waals surface area contributed by atoms with Gasteiger partial charge in [-0.25, -0.2) is 4.39 Å². The number of likely N-dealkylation sites (tertiary alicyclic amines) is 1. The number of nitrogens with one attached hydrogen (secondary N) is 1. The fourth-order valence-electron chi connectivity index (χ4n) is 2.19. The Labute approximate surface area is 101 Å². The average molecular weight is 236 g/mol. The van der Waals surface area contributed by atoms with Gasteiger partial charge in [0.25, 0.3) is 0 Å². The van der Waals surface area contributed by atoms with Crippen molar-refractivity contribution in [3.05, 3.63) is 35.6 Å². The highest BCUT2D eigenvalue weighted by Gasteiger charge is 2.29. The van der Waals surface area contributed by atoms with Crippen molar-refractivity contribution in [2.75, 3.05) is 20.1 Å². The van der Waals surface area contributed by atoms with Gasteiger partial charge in [-0.1, -0.05) is 18.2 Å². The third-order valence-electron chi connectivity index (χ3n) is 3.25. The fourth-order valence-corrected chi connectivity index (χ4v) is 2.19. The van der Waals surface area contributed by atoms with Crippen LogP contribution in [0.1, 0.15) is 12.0 Å². The number of amides is 1. The van der Waals surface area contributed by atoms with Crippen LogP contribution in [0.15, 0.2) is 24.3 Å². The molecule has 0 radical (unpaired) electrons. The van der Waals surface area contributed by atoms with E-state index in [1.54, 1.807) is 24.1 Å². The minimum atomic E-state index is -0.190. The smallest absolute Gasteiger partial charge is 0.239 e. The molecule has 1 N–H and O–H groups in total. The molecule has 0 aromatic heterocycles. The molecule has 1 fully saturated rings. The van der Waals surface area contributed by atoms with Gasteiger partial charge in [0.1, 0.15) is 5.82 Å². The summed E-state index contributed by atoms with van der Waals surface area (Å²) in [5, 5.41) is 2.99. The first-order chi connectivity index (χ1) is 8.22. The molecule has 92 valence electrons. The summed E-state index contributed by atoms with van der Waals surface area (Å²) in [5.74, 6) is -0.0619. The van der Waals surface area contributed by atoms with Crippen LogP contribution in [0.2, 0.25) is 0 Å². The SMILES string of the molecule is CNC1CCN(CCc2ccccc2F)C1=O. The Hall–Kier alpha value is -1.42. The van der Waals surface area contributed by atoms with Gasteiger partial charge in [0, 0.05) is 13.1 Å². The van der Waals surface area contributed by atoms with Crippen molar-refractivity contribution in [2.24, 2.45) is 0 Å². The van der Waals surface area contributed by atoms with Crippen molar-refractivity contribution in [1.82, 2.24) is 10.2 Å². The van der Waals surface area contributed by atoms with Crippen molar-refractivity contribution in [3.8, 4) is 0 Å². The van der Waals surface area contributed by atoms with Crippen molar-refractivity contribution < 1.29 is 9.18 Å². The van der Waals surface area contributed by atoms with Crippen LogP contribution >= 0.6 is 0 Å². The molecule has 3 nitrogen and oxygen atoms in total. The molecule has 0 aliphatic carbocycles. The van der Waals surface area contributed by atoms with Gasteiger partial charge in [-0.3, -0.25) is 4.79 Å². The van der Waals surface area contributed by atoms with E-state index >= 15 is 0 Å². The predicted molar refractivity (Wildman–Crippen MR) is 64.1 cm³/mol. The lowest BCUT2D eigenvalue weighted by Crippen LogP contribution is -2.37. The molecule has 1 aromatic carbocycles. The van der Waals surface area contributed by atoms with Gasteiger partial charge in [-0.2, -0.15) is 0 Å². The van der Waals surface area contributed by atoms with E-state index in [0.717, 1.165) is 13.0 Å². The molecular weight excluding hydrogens is 219 g/mol. The number of hydrogen-bond donors (Lipinski definition) is 1. The lowest BCUT2D eigenvalue weighted by molar-refractivity contribution is -0.129. The van der Waals surface area contributed by atoms with Crippen LogP contribution in [0.25, 0.3) is 0 Å². The molecule has 0 spiro atoms. The van der Waals surface area contributed by atoms with Crippen LogP contribution in [-0.4, -0.2) is 37.0 Å². The average Bonchev–Trinajstić information content (AvgIpc) is 2.69. The summed E-state index contributed by atoms with van der Waals surface area (Å²) < 4.78 is 13.4. The molecular formula is C13H17FN2O. The van der Waals surface area contributed by atoms with Gasteiger partial charge >= 0.3 is 0 Å². The minimum absolute atomic E-state index is 0.0596. The second-order valence-corrected chi connectivity index (χ2v) is 4.30. The van der Waals surface area contributed by atoms with Gasteiger partial charge in [0.15, 0.2) is 0 Å². The Morgan fingerprint density at radius 2 is 2.24 bits per heavy atom. The Kier molecular flexibility index (Phi) is 3.74. The van der Waals surface area contributed by atoms with Gasteiger partial charge in [-0.15, -0.1) is 0 Å². The molecule has 1 unspecified atom stereocenters. The summed E-state index contributed by atoms with van der Waals surface area (Å²) in [5.41, 5.74) is 0.674. The van der Waals surface area contributed by atoms with E-state index in [4.69, 9.17) is 0 Å². The predicted octanol–water partition coefficient (Wildman–Crippen LogP) is 1.19. The monoisotopic (exact) mass is 236 g/mol. The molecule has 1 aliphatic heterocycles. The maximum Gasteiger partial charge on any atom is 0.239 e. The summed E-state index contributed by atoms with van der Waals surface area (Å²) in [6.07, 6.45) is 1.42. The maximum atomic E-state index is 13.4. The van der Waals surface area contributed by atoms with Crippen LogP contribution in [0.4, 0.5) is 4.39 Å². The van der Waals surface area contributed by atoms with Crippen LogP contribution in [0, 0.1) is 5.82 Å². The largest absolute Gasteiger partial charge is 0.341 e. The van der Waals surface area contributed by atoms with Crippen molar-refractivity contribution in [2.45, 2.75) is 18.9 Å². The first kappa shape index (κ1) is 12.0. The molecule has 2 rings (SSSR count). The van der Waals surface area contributed by atoms with Crippen molar-refractivity contribution >= 4 is 5.91 Å². The summed E-state index contributed by atoms with van der Waals surface area (Å²) >= 11 is 0. The summed E-state index contributed by atoms with van der Waals surface area (Å²) in [6, 6.07) is 6.66. The molecule has 1 saturated heterocycles. The van der Waals surface area contributed by atoms with Gasteiger partial charge < -0.3 is 10.2 Å². The summed E-state index contributed by atoms with van der Waals surface area (Å²) in [6.45, 7) is 1.36.